The van der Waals surface area contributed by atoms with Gasteiger partial charge in [-0.3, -0.25) is 4.79 Å². The molecule has 2 nitrogen and oxygen atoms in total. The topological polar surface area (TPSA) is 26.3 Å². The number of ether oxygens (including phenoxy) is 1. The molecule has 0 aromatic heterocycles. The summed E-state index contributed by atoms with van der Waals surface area (Å²) in [4.78, 5) is 12.3. The van der Waals surface area contributed by atoms with Crippen LogP contribution in [0.25, 0.3) is 0 Å². The third kappa shape index (κ3) is 1.97. The van der Waals surface area contributed by atoms with Gasteiger partial charge in [-0.2, -0.15) is 0 Å². The Morgan fingerprint density at radius 1 is 1.20 bits per heavy atom. The van der Waals surface area contributed by atoms with Gasteiger partial charge in [0.25, 0.3) is 0 Å². The van der Waals surface area contributed by atoms with Gasteiger partial charge in [-0.05, 0) is 30.2 Å². The lowest BCUT2D eigenvalue weighted by Crippen LogP contribution is -2.27. The average Bonchev–Trinajstić information content (AvgIpc) is 2.87. The predicted octanol–water partition coefficient (Wildman–Crippen LogP) is 3.46. The molecular weight excluding hydrogens is 262 g/mol. The van der Waals surface area contributed by atoms with E-state index in [1.807, 2.05) is 12.1 Å². The van der Waals surface area contributed by atoms with E-state index in [0.717, 1.165) is 11.6 Å². The van der Waals surface area contributed by atoms with Crippen LogP contribution in [0.3, 0.4) is 0 Å². The molecule has 0 N–H and O–H groups in total. The summed E-state index contributed by atoms with van der Waals surface area (Å²) in [5, 5.41) is 0. The molecule has 1 atom stereocenters. The van der Waals surface area contributed by atoms with E-state index in [1.54, 1.807) is 12.1 Å². The maximum Gasteiger partial charge on any atom is 0.209 e. The van der Waals surface area contributed by atoms with Gasteiger partial charge in [0.1, 0.15) is 17.4 Å². The summed E-state index contributed by atoms with van der Waals surface area (Å²) in [7, 11) is 0. The van der Waals surface area contributed by atoms with Gasteiger partial charge in [-0.1, -0.05) is 24.3 Å². The number of carbonyl (C=O) groups is 1. The fourth-order valence-corrected chi connectivity index (χ4v) is 2.37. The maximum atomic E-state index is 14.0. The first-order valence-corrected chi connectivity index (χ1v) is 6.31. The van der Waals surface area contributed by atoms with Crippen molar-refractivity contribution in [3.8, 4) is 5.75 Å². The molecule has 102 valence electrons. The van der Waals surface area contributed by atoms with Crippen LogP contribution in [-0.2, 0) is 6.42 Å². The van der Waals surface area contributed by atoms with Crippen LogP contribution in [0.5, 0.6) is 5.75 Å². The summed E-state index contributed by atoms with van der Waals surface area (Å²) in [5.74, 6) is -1.72. The molecule has 4 heteroatoms. The van der Waals surface area contributed by atoms with Crippen LogP contribution in [0.2, 0.25) is 0 Å². The molecular formula is C16H12F2O2. The quantitative estimate of drug-likeness (QED) is 0.784. The number of ketones is 1. The standard InChI is InChI=1S/C16H12F2O2/c1-9-6-7-11(17)14(15(9)18)16(19)13-8-10-4-2-3-5-12(10)20-13/h2-7,13H,8H2,1H3. The Morgan fingerprint density at radius 3 is 2.70 bits per heavy atom. The Bertz CT molecular complexity index is 670. The minimum atomic E-state index is -0.863. The first kappa shape index (κ1) is 12.8. The first-order chi connectivity index (χ1) is 9.58. The van der Waals surface area contributed by atoms with Crippen molar-refractivity contribution in [3.05, 3.63) is 64.7 Å². The third-order valence-corrected chi connectivity index (χ3v) is 3.47. The van der Waals surface area contributed by atoms with Crippen LogP contribution in [0.1, 0.15) is 21.5 Å². The first-order valence-electron chi connectivity index (χ1n) is 6.31. The number of carbonyl (C=O) groups excluding carboxylic acids is 1. The molecule has 2 aromatic carbocycles. The van der Waals surface area contributed by atoms with Crippen molar-refractivity contribution in [2.75, 3.05) is 0 Å². The van der Waals surface area contributed by atoms with Gasteiger partial charge in [-0.25, -0.2) is 8.78 Å². The normalized spacial score (nSPS) is 16.6. The second kappa shape index (κ2) is 4.71. The van der Waals surface area contributed by atoms with Gasteiger partial charge in [0, 0.05) is 6.42 Å². The fourth-order valence-electron chi connectivity index (χ4n) is 2.37. The number of hydrogen-bond donors (Lipinski definition) is 0. The zero-order chi connectivity index (χ0) is 14.3. The highest BCUT2D eigenvalue weighted by Gasteiger charge is 2.33. The molecule has 0 amide bonds. The summed E-state index contributed by atoms with van der Waals surface area (Å²) < 4.78 is 33.2. The smallest absolute Gasteiger partial charge is 0.209 e. The SMILES string of the molecule is Cc1ccc(F)c(C(=O)C2Cc3ccccc3O2)c1F. The number of benzene rings is 2. The van der Waals surface area contributed by atoms with Crippen molar-refractivity contribution in [2.45, 2.75) is 19.4 Å². The molecule has 0 saturated carbocycles. The maximum absolute atomic E-state index is 14.0. The van der Waals surface area contributed by atoms with E-state index < -0.39 is 29.1 Å². The van der Waals surface area contributed by atoms with Crippen LogP contribution in [0, 0.1) is 18.6 Å². The van der Waals surface area contributed by atoms with Crippen molar-refractivity contribution >= 4 is 5.78 Å². The molecule has 0 radical (unpaired) electrons. The van der Waals surface area contributed by atoms with Crippen molar-refractivity contribution in [1.29, 1.82) is 0 Å². The van der Waals surface area contributed by atoms with Crippen LogP contribution < -0.4 is 4.74 Å². The van der Waals surface area contributed by atoms with Crippen molar-refractivity contribution < 1.29 is 18.3 Å². The van der Waals surface area contributed by atoms with Gasteiger partial charge in [0.05, 0.1) is 5.56 Å². The second-order valence-corrected chi connectivity index (χ2v) is 4.84. The fraction of sp³-hybridized carbons (Fsp3) is 0.188. The van der Waals surface area contributed by atoms with E-state index >= 15 is 0 Å². The summed E-state index contributed by atoms with van der Waals surface area (Å²) in [6, 6.07) is 9.62. The van der Waals surface area contributed by atoms with E-state index in [4.69, 9.17) is 4.74 Å². The van der Waals surface area contributed by atoms with Gasteiger partial charge in [0.15, 0.2) is 6.10 Å². The number of aryl methyl sites for hydroxylation is 1. The Kier molecular flexibility index (Phi) is 3.01. The van der Waals surface area contributed by atoms with Crippen LogP contribution in [-0.4, -0.2) is 11.9 Å². The number of fused-ring (bicyclic) bond motifs is 1. The minimum Gasteiger partial charge on any atom is -0.482 e. The molecule has 0 spiro atoms. The Hall–Kier alpha value is -2.23. The molecule has 0 aliphatic carbocycles. The van der Waals surface area contributed by atoms with Gasteiger partial charge in [0.2, 0.25) is 5.78 Å². The van der Waals surface area contributed by atoms with E-state index in [2.05, 4.69) is 0 Å². The van der Waals surface area contributed by atoms with E-state index in [0.29, 0.717) is 12.2 Å². The molecule has 0 saturated heterocycles. The van der Waals surface area contributed by atoms with Gasteiger partial charge < -0.3 is 4.74 Å². The molecule has 3 rings (SSSR count). The van der Waals surface area contributed by atoms with E-state index in [9.17, 15) is 13.6 Å². The summed E-state index contributed by atoms with van der Waals surface area (Å²) in [5.41, 5.74) is 0.604. The zero-order valence-corrected chi connectivity index (χ0v) is 10.8. The molecule has 2 aromatic rings. The monoisotopic (exact) mass is 274 g/mol. The predicted molar refractivity (Wildman–Crippen MR) is 70.0 cm³/mol. The van der Waals surface area contributed by atoms with Crippen molar-refractivity contribution in [2.24, 2.45) is 0 Å². The lowest BCUT2D eigenvalue weighted by Gasteiger charge is -2.12. The molecule has 0 fully saturated rings. The number of Topliss-reactive ketones (excluding diaryl/α,β-unsaturated/α-hetero) is 1. The van der Waals surface area contributed by atoms with Crippen LogP contribution in [0.15, 0.2) is 36.4 Å². The molecule has 0 bridgehead atoms. The third-order valence-electron chi connectivity index (χ3n) is 3.47. The lowest BCUT2D eigenvalue weighted by atomic mass is 9.99. The minimum absolute atomic E-state index is 0.241. The Balaban J connectivity index is 1.95. The molecule has 1 aliphatic rings. The second-order valence-electron chi connectivity index (χ2n) is 4.84. The summed E-state index contributed by atoms with van der Waals surface area (Å²) in [6.45, 7) is 1.50. The van der Waals surface area contributed by atoms with Crippen LogP contribution in [0.4, 0.5) is 8.78 Å². The van der Waals surface area contributed by atoms with Crippen molar-refractivity contribution in [3.63, 3.8) is 0 Å². The number of hydrogen-bond acceptors (Lipinski definition) is 2. The highest BCUT2D eigenvalue weighted by Crippen LogP contribution is 2.30. The van der Waals surface area contributed by atoms with Gasteiger partial charge in [-0.15, -0.1) is 0 Å². The number of para-hydroxylation sites is 1. The summed E-state index contributed by atoms with van der Waals surface area (Å²) >= 11 is 0. The summed E-state index contributed by atoms with van der Waals surface area (Å²) in [6.07, 6.45) is -0.528. The highest BCUT2D eigenvalue weighted by molar-refractivity contribution is 6.01. The van der Waals surface area contributed by atoms with E-state index in [-0.39, 0.29) is 5.56 Å². The zero-order valence-electron chi connectivity index (χ0n) is 10.8. The molecule has 1 heterocycles. The van der Waals surface area contributed by atoms with E-state index in [1.165, 1.54) is 13.0 Å². The highest BCUT2D eigenvalue weighted by atomic mass is 19.1. The van der Waals surface area contributed by atoms with Crippen molar-refractivity contribution in [1.82, 2.24) is 0 Å². The Labute approximate surface area is 115 Å². The average molecular weight is 274 g/mol. The van der Waals surface area contributed by atoms with Gasteiger partial charge >= 0.3 is 0 Å². The molecule has 1 aliphatic heterocycles. The van der Waals surface area contributed by atoms with Crippen LogP contribution >= 0.6 is 0 Å². The largest absolute Gasteiger partial charge is 0.482 e. The molecule has 20 heavy (non-hydrogen) atoms. The number of rotatable bonds is 2. The molecule has 1 unspecified atom stereocenters. The lowest BCUT2D eigenvalue weighted by molar-refractivity contribution is 0.0815. The Morgan fingerprint density at radius 2 is 1.95 bits per heavy atom. The number of halogens is 2.